The lowest BCUT2D eigenvalue weighted by molar-refractivity contribution is 0.559. The van der Waals surface area contributed by atoms with Crippen molar-refractivity contribution in [1.82, 2.24) is 5.32 Å². The average Bonchev–Trinajstić information content (AvgIpc) is 2.47. The molecule has 0 radical (unpaired) electrons. The van der Waals surface area contributed by atoms with Gasteiger partial charge in [0, 0.05) is 36.9 Å². The van der Waals surface area contributed by atoms with Gasteiger partial charge in [-0.25, -0.2) is 0 Å². The SMILES string of the molecule is CC1CN(C/C=C/Cl)c2ccccc2CN1. The Hall–Kier alpha value is -0.990. The first-order valence-corrected chi connectivity index (χ1v) is 6.06. The molecule has 0 aliphatic carbocycles. The fourth-order valence-electron chi connectivity index (χ4n) is 2.09. The molecule has 0 saturated heterocycles. The molecule has 1 heterocycles. The summed E-state index contributed by atoms with van der Waals surface area (Å²) < 4.78 is 0. The Morgan fingerprint density at radius 3 is 3.12 bits per heavy atom. The van der Waals surface area contributed by atoms with Crippen LogP contribution in [0.3, 0.4) is 0 Å². The van der Waals surface area contributed by atoms with Crippen LogP contribution in [0.5, 0.6) is 0 Å². The molecule has 1 N–H and O–H groups in total. The van der Waals surface area contributed by atoms with Crippen LogP contribution in [0, 0.1) is 0 Å². The monoisotopic (exact) mass is 236 g/mol. The Bertz CT molecular complexity index is 376. The molecule has 0 fully saturated rings. The minimum absolute atomic E-state index is 0.496. The largest absolute Gasteiger partial charge is 0.366 e. The van der Waals surface area contributed by atoms with Crippen molar-refractivity contribution in [2.45, 2.75) is 19.5 Å². The summed E-state index contributed by atoms with van der Waals surface area (Å²) in [6, 6.07) is 9.03. The number of halogens is 1. The summed E-state index contributed by atoms with van der Waals surface area (Å²) in [4.78, 5) is 2.36. The van der Waals surface area contributed by atoms with Crippen LogP contribution >= 0.6 is 11.6 Å². The van der Waals surface area contributed by atoms with Crippen LogP contribution in [0.4, 0.5) is 5.69 Å². The van der Waals surface area contributed by atoms with Gasteiger partial charge < -0.3 is 10.2 Å². The van der Waals surface area contributed by atoms with E-state index in [9.17, 15) is 0 Å². The van der Waals surface area contributed by atoms with Gasteiger partial charge in [0.25, 0.3) is 0 Å². The molecule has 0 saturated carbocycles. The fraction of sp³-hybridized carbons (Fsp3) is 0.385. The Morgan fingerprint density at radius 2 is 2.31 bits per heavy atom. The quantitative estimate of drug-likeness (QED) is 0.850. The maximum atomic E-state index is 5.60. The third-order valence-electron chi connectivity index (χ3n) is 2.88. The van der Waals surface area contributed by atoms with Gasteiger partial charge in [-0.2, -0.15) is 0 Å². The van der Waals surface area contributed by atoms with Crippen molar-refractivity contribution in [2.75, 3.05) is 18.0 Å². The molecule has 0 bridgehead atoms. The summed E-state index contributed by atoms with van der Waals surface area (Å²) in [5.41, 5.74) is 4.26. The first-order valence-electron chi connectivity index (χ1n) is 5.62. The van der Waals surface area contributed by atoms with Gasteiger partial charge in [0.2, 0.25) is 0 Å². The molecular formula is C13H17ClN2. The second kappa shape index (κ2) is 5.37. The zero-order chi connectivity index (χ0) is 11.4. The Balaban J connectivity index is 2.27. The molecular weight excluding hydrogens is 220 g/mol. The van der Waals surface area contributed by atoms with E-state index in [0.29, 0.717) is 6.04 Å². The Labute approximate surface area is 102 Å². The van der Waals surface area contributed by atoms with Crippen molar-refractivity contribution in [3.8, 4) is 0 Å². The smallest absolute Gasteiger partial charge is 0.0415 e. The number of benzene rings is 1. The molecule has 2 nitrogen and oxygen atoms in total. The average molecular weight is 237 g/mol. The molecule has 1 atom stereocenters. The summed E-state index contributed by atoms with van der Waals surface area (Å²) in [5.74, 6) is 0. The van der Waals surface area contributed by atoms with Gasteiger partial charge in [0.05, 0.1) is 0 Å². The second-order valence-corrected chi connectivity index (χ2v) is 4.43. The highest BCUT2D eigenvalue weighted by Gasteiger charge is 2.17. The van der Waals surface area contributed by atoms with E-state index in [2.05, 4.69) is 41.4 Å². The second-order valence-electron chi connectivity index (χ2n) is 4.18. The number of nitrogens with zero attached hydrogens (tertiary/aromatic N) is 1. The molecule has 0 spiro atoms. The molecule has 1 aromatic carbocycles. The van der Waals surface area contributed by atoms with Crippen LogP contribution in [-0.2, 0) is 6.54 Å². The zero-order valence-corrected chi connectivity index (χ0v) is 10.2. The first kappa shape index (κ1) is 11.5. The summed E-state index contributed by atoms with van der Waals surface area (Å²) in [5, 5.41) is 3.51. The molecule has 0 amide bonds. The molecule has 1 unspecified atom stereocenters. The highest BCUT2D eigenvalue weighted by molar-refractivity contribution is 6.25. The van der Waals surface area contributed by atoms with Crippen molar-refractivity contribution < 1.29 is 0 Å². The minimum Gasteiger partial charge on any atom is -0.366 e. The van der Waals surface area contributed by atoms with Gasteiger partial charge in [0.1, 0.15) is 0 Å². The van der Waals surface area contributed by atoms with Crippen molar-refractivity contribution in [3.05, 3.63) is 41.4 Å². The number of fused-ring (bicyclic) bond motifs is 1. The van der Waals surface area contributed by atoms with E-state index in [1.807, 2.05) is 6.08 Å². The molecule has 86 valence electrons. The standard InChI is InChI=1S/C13H17ClN2/c1-11-10-16(8-4-7-14)13-6-3-2-5-12(13)9-15-11/h2-7,11,15H,8-10H2,1H3/b7-4+. The minimum atomic E-state index is 0.496. The van der Waals surface area contributed by atoms with Crippen LogP contribution in [-0.4, -0.2) is 19.1 Å². The summed E-state index contributed by atoms with van der Waals surface area (Å²) in [7, 11) is 0. The molecule has 16 heavy (non-hydrogen) atoms. The predicted octanol–water partition coefficient (Wildman–Crippen LogP) is 2.74. The molecule has 2 rings (SSSR count). The van der Waals surface area contributed by atoms with E-state index in [0.717, 1.165) is 19.6 Å². The highest BCUT2D eigenvalue weighted by atomic mass is 35.5. The summed E-state index contributed by atoms with van der Waals surface area (Å²) in [6.07, 6.45) is 1.98. The fourth-order valence-corrected chi connectivity index (χ4v) is 2.17. The van der Waals surface area contributed by atoms with Crippen LogP contribution in [0.1, 0.15) is 12.5 Å². The van der Waals surface area contributed by atoms with E-state index in [1.54, 1.807) is 5.54 Å². The topological polar surface area (TPSA) is 15.3 Å². The Kier molecular flexibility index (Phi) is 3.86. The van der Waals surface area contributed by atoms with Gasteiger partial charge in [-0.15, -0.1) is 0 Å². The molecule has 0 aromatic heterocycles. The molecule has 3 heteroatoms. The lowest BCUT2D eigenvalue weighted by Crippen LogP contribution is -2.36. The number of para-hydroxylation sites is 1. The maximum Gasteiger partial charge on any atom is 0.0415 e. The van der Waals surface area contributed by atoms with E-state index < -0.39 is 0 Å². The first-order chi connectivity index (χ1) is 7.81. The normalized spacial score (nSPS) is 20.9. The van der Waals surface area contributed by atoms with E-state index >= 15 is 0 Å². The third kappa shape index (κ3) is 2.57. The molecule has 1 aliphatic rings. The lowest BCUT2D eigenvalue weighted by Gasteiger charge is -2.24. The van der Waals surface area contributed by atoms with E-state index in [1.165, 1.54) is 11.3 Å². The van der Waals surface area contributed by atoms with Gasteiger partial charge in [-0.05, 0) is 18.6 Å². The number of hydrogen-bond donors (Lipinski definition) is 1. The lowest BCUT2D eigenvalue weighted by atomic mass is 10.1. The number of hydrogen-bond acceptors (Lipinski definition) is 2. The number of nitrogens with one attached hydrogen (secondary N) is 1. The number of rotatable bonds is 2. The van der Waals surface area contributed by atoms with Crippen molar-refractivity contribution >= 4 is 17.3 Å². The maximum absolute atomic E-state index is 5.60. The van der Waals surface area contributed by atoms with E-state index in [-0.39, 0.29) is 0 Å². The molecule has 1 aromatic rings. The number of anilines is 1. The highest BCUT2D eigenvalue weighted by Crippen LogP contribution is 2.23. The van der Waals surface area contributed by atoms with Crippen molar-refractivity contribution in [3.63, 3.8) is 0 Å². The zero-order valence-electron chi connectivity index (χ0n) is 9.49. The van der Waals surface area contributed by atoms with Crippen LogP contribution in [0.25, 0.3) is 0 Å². The Morgan fingerprint density at radius 1 is 1.50 bits per heavy atom. The van der Waals surface area contributed by atoms with Crippen LogP contribution in [0.15, 0.2) is 35.9 Å². The van der Waals surface area contributed by atoms with Gasteiger partial charge in [-0.3, -0.25) is 0 Å². The van der Waals surface area contributed by atoms with Crippen molar-refractivity contribution in [2.24, 2.45) is 0 Å². The van der Waals surface area contributed by atoms with Gasteiger partial charge in [-0.1, -0.05) is 35.9 Å². The third-order valence-corrected chi connectivity index (χ3v) is 3.06. The summed E-state index contributed by atoms with van der Waals surface area (Å²) >= 11 is 5.60. The van der Waals surface area contributed by atoms with Gasteiger partial charge >= 0.3 is 0 Å². The van der Waals surface area contributed by atoms with Gasteiger partial charge in [0.15, 0.2) is 0 Å². The van der Waals surface area contributed by atoms with Crippen LogP contribution < -0.4 is 10.2 Å². The summed E-state index contributed by atoms with van der Waals surface area (Å²) in [6.45, 7) is 5.03. The molecule has 1 aliphatic heterocycles. The van der Waals surface area contributed by atoms with E-state index in [4.69, 9.17) is 11.6 Å². The van der Waals surface area contributed by atoms with Crippen molar-refractivity contribution in [1.29, 1.82) is 0 Å². The van der Waals surface area contributed by atoms with Crippen LogP contribution in [0.2, 0.25) is 0 Å². The predicted molar refractivity (Wildman–Crippen MR) is 69.9 cm³/mol.